The second-order valence-electron chi connectivity index (χ2n) is 7.10. The van der Waals surface area contributed by atoms with Gasteiger partial charge in [0.05, 0.1) is 6.10 Å². The van der Waals surface area contributed by atoms with Crippen molar-refractivity contribution >= 4 is 35.8 Å². The minimum Gasteiger partial charge on any atom is -0.376 e. The highest BCUT2D eigenvalue weighted by Gasteiger charge is 2.19. The molecule has 0 saturated carbocycles. The molecule has 7 heteroatoms. The molecule has 0 spiro atoms. The van der Waals surface area contributed by atoms with Gasteiger partial charge in [0, 0.05) is 39.2 Å². The molecule has 0 radical (unpaired) electrons. The lowest BCUT2D eigenvalue weighted by molar-refractivity contribution is -0.127. The highest BCUT2D eigenvalue weighted by atomic mass is 127. The van der Waals surface area contributed by atoms with Gasteiger partial charge in [0.15, 0.2) is 5.96 Å². The maximum absolute atomic E-state index is 11.9. The van der Waals surface area contributed by atoms with Crippen LogP contribution in [0, 0.1) is 0 Å². The van der Waals surface area contributed by atoms with Gasteiger partial charge in [-0.1, -0.05) is 37.3 Å². The number of likely N-dealkylation sites (N-methyl/N-ethyl adjacent to an activating group) is 1. The summed E-state index contributed by atoms with van der Waals surface area (Å²) in [4.78, 5) is 17.9. The lowest BCUT2D eigenvalue weighted by Gasteiger charge is -2.25. The number of rotatable bonds is 7. The lowest BCUT2D eigenvalue weighted by Crippen LogP contribution is -2.46. The summed E-state index contributed by atoms with van der Waals surface area (Å²) in [6.45, 7) is 5.98. The molecule has 3 unspecified atom stereocenters. The van der Waals surface area contributed by atoms with E-state index in [0.717, 1.165) is 19.4 Å². The summed E-state index contributed by atoms with van der Waals surface area (Å²) in [5, 5.41) is 6.78. The number of guanidine groups is 1. The highest BCUT2D eigenvalue weighted by Crippen LogP contribution is 2.18. The zero-order chi connectivity index (χ0) is 18.9. The molecule has 1 aliphatic heterocycles. The van der Waals surface area contributed by atoms with E-state index in [1.807, 2.05) is 6.07 Å². The van der Waals surface area contributed by atoms with Gasteiger partial charge in [-0.25, -0.2) is 4.99 Å². The van der Waals surface area contributed by atoms with Crippen molar-refractivity contribution in [3.05, 3.63) is 35.9 Å². The van der Waals surface area contributed by atoms with Crippen molar-refractivity contribution in [2.75, 3.05) is 33.8 Å². The van der Waals surface area contributed by atoms with Crippen molar-refractivity contribution < 1.29 is 9.53 Å². The van der Waals surface area contributed by atoms with Crippen LogP contribution in [0.4, 0.5) is 0 Å². The number of aliphatic imine (C=N–C) groups is 1. The Balaban J connectivity index is 0.00000364. The summed E-state index contributed by atoms with van der Waals surface area (Å²) in [5.41, 5.74) is 1.27. The molecular weight excluding hydrogens is 455 g/mol. The van der Waals surface area contributed by atoms with Crippen molar-refractivity contribution in [1.29, 1.82) is 0 Å². The Morgan fingerprint density at radius 2 is 2.00 bits per heavy atom. The van der Waals surface area contributed by atoms with Crippen LogP contribution in [0.2, 0.25) is 0 Å². The molecule has 1 heterocycles. The average Bonchev–Trinajstić information content (AvgIpc) is 3.17. The molecule has 0 aromatic heterocycles. The van der Waals surface area contributed by atoms with Crippen LogP contribution in [-0.2, 0) is 9.53 Å². The maximum Gasteiger partial charge on any atom is 0.243 e. The Kier molecular flexibility index (Phi) is 10.7. The standard InChI is InChI=1S/C20H32N4O2.HI/c1-15(17-9-6-5-7-10-17)16(2)23-20(22-14-19(25)24(3)4)21-13-18-11-8-12-26-18;/h5-7,9-10,15-16,18H,8,11-14H2,1-4H3,(H2,21,22,23);1H. The Morgan fingerprint density at radius 1 is 1.30 bits per heavy atom. The van der Waals surface area contributed by atoms with Gasteiger partial charge in [0.2, 0.25) is 5.91 Å². The molecule has 2 N–H and O–H groups in total. The largest absolute Gasteiger partial charge is 0.376 e. The summed E-state index contributed by atoms with van der Waals surface area (Å²) >= 11 is 0. The summed E-state index contributed by atoms with van der Waals surface area (Å²) in [6.07, 6.45) is 2.38. The van der Waals surface area contributed by atoms with Crippen LogP contribution in [-0.4, -0.2) is 62.7 Å². The van der Waals surface area contributed by atoms with E-state index in [-0.39, 0.29) is 48.6 Å². The third kappa shape index (κ3) is 8.04. The quantitative estimate of drug-likeness (QED) is 0.352. The average molecular weight is 488 g/mol. The summed E-state index contributed by atoms with van der Waals surface area (Å²) in [5.74, 6) is 0.952. The van der Waals surface area contributed by atoms with Gasteiger partial charge < -0.3 is 20.3 Å². The Labute approximate surface area is 180 Å². The van der Waals surface area contributed by atoms with Gasteiger partial charge in [-0.2, -0.15) is 0 Å². The van der Waals surface area contributed by atoms with Gasteiger partial charge in [-0.3, -0.25) is 4.79 Å². The number of ether oxygens (including phenoxy) is 1. The molecule has 1 aliphatic rings. The van der Waals surface area contributed by atoms with Crippen molar-refractivity contribution in [1.82, 2.24) is 15.5 Å². The second kappa shape index (κ2) is 12.2. The number of hydrogen-bond acceptors (Lipinski definition) is 3. The molecule has 2 rings (SSSR count). The third-order valence-corrected chi connectivity index (χ3v) is 4.83. The molecule has 27 heavy (non-hydrogen) atoms. The predicted molar refractivity (Wildman–Crippen MR) is 121 cm³/mol. The molecule has 1 fully saturated rings. The summed E-state index contributed by atoms with van der Waals surface area (Å²) < 4.78 is 5.67. The second-order valence-corrected chi connectivity index (χ2v) is 7.10. The van der Waals surface area contributed by atoms with Crippen LogP contribution < -0.4 is 10.6 Å². The van der Waals surface area contributed by atoms with Crippen LogP contribution >= 0.6 is 24.0 Å². The fraction of sp³-hybridized carbons (Fsp3) is 0.600. The summed E-state index contributed by atoms with van der Waals surface area (Å²) in [7, 11) is 3.48. The van der Waals surface area contributed by atoms with Crippen molar-refractivity contribution in [2.45, 2.75) is 44.8 Å². The van der Waals surface area contributed by atoms with E-state index in [1.54, 1.807) is 19.0 Å². The van der Waals surface area contributed by atoms with Crippen LogP contribution in [0.25, 0.3) is 0 Å². The first-order valence-corrected chi connectivity index (χ1v) is 9.39. The van der Waals surface area contributed by atoms with Crippen LogP contribution in [0.3, 0.4) is 0 Å². The van der Waals surface area contributed by atoms with Crippen molar-refractivity contribution in [2.24, 2.45) is 4.99 Å². The van der Waals surface area contributed by atoms with Crippen LogP contribution in [0.5, 0.6) is 0 Å². The zero-order valence-electron chi connectivity index (χ0n) is 16.8. The minimum absolute atomic E-state index is 0. The first kappa shape index (κ1) is 23.7. The molecule has 0 aliphatic carbocycles. The number of carbonyl (C=O) groups excluding carboxylic acids is 1. The SMILES string of the molecule is CC(NC(=NCC(=O)N(C)C)NCC1CCCO1)C(C)c1ccccc1.I. The van der Waals surface area contributed by atoms with E-state index in [0.29, 0.717) is 18.4 Å². The number of benzene rings is 1. The molecule has 0 bridgehead atoms. The smallest absolute Gasteiger partial charge is 0.243 e. The number of nitrogens with zero attached hydrogens (tertiary/aromatic N) is 2. The number of nitrogens with one attached hydrogen (secondary N) is 2. The first-order valence-electron chi connectivity index (χ1n) is 9.39. The molecular formula is C20H33IN4O2. The molecule has 152 valence electrons. The molecule has 1 saturated heterocycles. The fourth-order valence-electron chi connectivity index (χ4n) is 2.84. The van der Waals surface area contributed by atoms with E-state index in [4.69, 9.17) is 4.74 Å². The highest BCUT2D eigenvalue weighted by molar-refractivity contribution is 14.0. The minimum atomic E-state index is -0.0213. The summed E-state index contributed by atoms with van der Waals surface area (Å²) in [6, 6.07) is 10.6. The topological polar surface area (TPSA) is 66.0 Å². The number of halogens is 1. The van der Waals surface area contributed by atoms with E-state index in [1.165, 1.54) is 5.56 Å². The van der Waals surface area contributed by atoms with Gasteiger partial charge in [0.1, 0.15) is 6.54 Å². The van der Waals surface area contributed by atoms with Gasteiger partial charge >= 0.3 is 0 Å². The predicted octanol–water partition coefficient (Wildman–Crippen LogP) is 2.60. The number of amides is 1. The van der Waals surface area contributed by atoms with E-state index in [9.17, 15) is 4.79 Å². The normalized spacial score (nSPS) is 19.0. The molecule has 6 nitrogen and oxygen atoms in total. The Bertz CT molecular complexity index is 589. The van der Waals surface area contributed by atoms with Gasteiger partial charge in [0.25, 0.3) is 0 Å². The van der Waals surface area contributed by atoms with E-state index >= 15 is 0 Å². The van der Waals surface area contributed by atoms with E-state index in [2.05, 4.69) is 53.7 Å². The van der Waals surface area contributed by atoms with Gasteiger partial charge in [-0.15, -0.1) is 24.0 Å². The van der Waals surface area contributed by atoms with E-state index < -0.39 is 0 Å². The molecule has 1 aromatic rings. The lowest BCUT2D eigenvalue weighted by atomic mass is 9.94. The fourth-order valence-corrected chi connectivity index (χ4v) is 2.84. The third-order valence-electron chi connectivity index (χ3n) is 4.83. The first-order chi connectivity index (χ1) is 12.5. The number of hydrogen-bond donors (Lipinski definition) is 2. The maximum atomic E-state index is 11.9. The molecule has 1 amide bonds. The van der Waals surface area contributed by atoms with Crippen LogP contribution in [0.1, 0.15) is 38.2 Å². The monoisotopic (exact) mass is 488 g/mol. The molecule has 3 atom stereocenters. The number of carbonyl (C=O) groups is 1. The molecule has 1 aromatic carbocycles. The zero-order valence-corrected chi connectivity index (χ0v) is 19.1. The van der Waals surface area contributed by atoms with Gasteiger partial charge in [-0.05, 0) is 25.3 Å². The van der Waals surface area contributed by atoms with Crippen molar-refractivity contribution in [3.63, 3.8) is 0 Å². The Hall–Kier alpha value is -1.35. The van der Waals surface area contributed by atoms with Crippen LogP contribution in [0.15, 0.2) is 35.3 Å². The Morgan fingerprint density at radius 3 is 2.59 bits per heavy atom. The van der Waals surface area contributed by atoms with Crippen molar-refractivity contribution in [3.8, 4) is 0 Å².